The van der Waals surface area contributed by atoms with E-state index < -0.39 is 5.97 Å². The van der Waals surface area contributed by atoms with E-state index in [0.29, 0.717) is 16.9 Å². The second-order valence-corrected chi connectivity index (χ2v) is 4.68. The second kappa shape index (κ2) is 5.74. The van der Waals surface area contributed by atoms with E-state index in [0.717, 1.165) is 0 Å². The third-order valence-electron chi connectivity index (χ3n) is 2.88. The molecule has 7 heteroatoms. The number of carbonyl (C=O) groups excluding carboxylic acids is 2. The first kappa shape index (κ1) is 14.7. The zero-order valence-electron chi connectivity index (χ0n) is 12.3. The number of ether oxygens (including phenoxy) is 1. The SMILES string of the molecule is COC(=O)c1cnn2c(/C=C/N(C)C)c(C(C)=O)cnc12. The van der Waals surface area contributed by atoms with E-state index in [4.69, 9.17) is 4.74 Å². The Bertz CT molecular complexity index is 731. The average molecular weight is 288 g/mol. The van der Waals surface area contributed by atoms with Crippen molar-refractivity contribution in [1.82, 2.24) is 19.5 Å². The van der Waals surface area contributed by atoms with Crippen LogP contribution >= 0.6 is 0 Å². The van der Waals surface area contributed by atoms with Crippen molar-refractivity contribution in [2.75, 3.05) is 21.2 Å². The Kier molecular flexibility index (Phi) is 4.02. The van der Waals surface area contributed by atoms with Crippen molar-refractivity contribution in [2.45, 2.75) is 6.92 Å². The molecule has 110 valence electrons. The van der Waals surface area contributed by atoms with Crippen LogP contribution in [0.4, 0.5) is 0 Å². The lowest BCUT2D eigenvalue weighted by atomic mass is 10.1. The first-order valence-corrected chi connectivity index (χ1v) is 6.26. The van der Waals surface area contributed by atoms with Gasteiger partial charge < -0.3 is 9.64 Å². The van der Waals surface area contributed by atoms with Crippen LogP contribution < -0.4 is 0 Å². The number of nitrogens with zero attached hydrogens (tertiary/aromatic N) is 4. The molecule has 0 saturated heterocycles. The smallest absolute Gasteiger partial charge is 0.343 e. The van der Waals surface area contributed by atoms with Gasteiger partial charge in [-0.2, -0.15) is 5.10 Å². The highest BCUT2D eigenvalue weighted by Crippen LogP contribution is 2.17. The summed E-state index contributed by atoms with van der Waals surface area (Å²) in [7, 11) is 5.03. The molecule has 0 aliphatic carbocycles. The molecule has 7 nitrogen and oxygen atoms in total. The van der Waals surface area contributed by atoms with Gasteiger partial charge in [-0.1, -0.05) is 0 Å². The highest BCUT2D eigenvalue weighted by Gasteiger charge is 2.18. The Labute approximate surface area is 121 Å². The molecule has 2 heterocycles. The number of esters is 1. The van der Waals surface area contributed by atoms with E-state index in [9.17, 15) is 9.59 Å². The minimum Gasteiger partial charge on any atom is -0.465 e. The molecule has 2 rings (SSSR count). The molecule has 0 spiro atoms. The summed E-state index contributed by atoms with van der Waals surface area (Å²) < 4.78 is 6.15. The second-order valence-electron chi connectivity index (χ2n) is 4.68. The number of ketones is 1. The summed E-state index contributed by atoms with van der Waals surface area (Å²) in [4.78, 5) is 29.4. The van der Waals surface area contributed by atoms with Crippen LogP contribution in [-0.4, -0.2) is 52.5 Å². The van der Waals surface area contributed by atoms with Crippen molar-refractivity contribution >= 4 is 23.5 Å². The summed E-state index contributed by atoms with van der Waals surface area (Å²) in [5.41, 5.74) is 1.61. The Morgan fingerprint density at radius 2 is 2.00 bits per heavy atom. The summed E-state index contributed by atoms with van der Waals surface area (Å²) in [5, 5.41) is 4.14. The molecule has 0 aliphatic rings. The summed E-state index contributed by atoms with van der Waals surface area (Å²) in [6, 6.07) is 0. The topological polar surface area (TPSA) is 76.8 Å². The van der Waals surface area contributed by atoms with Crippen LogP contribution in [0.3, 0.4) is 0 Å². The van der Waals surface area contributed by atoms with Crippen molar-refractivity contribution in [3.05, 3.63) is 35.4 Å². The molecule has 0 radical (unpaired) electrons. The van der Waals surface area contributed by atoms with Gasteiger partial charge in [0.25, 0.3) is 0 Å². The van der Waals surface area contributed by atoms with Crippen LogP contribution in [0.15, 0.2) is 18.6 Å². The quantitative estimate of drug-likeness (QED) is 0.622. The number of hydrogen-bond acceptors (Lipinski definition) is 6. The fourth-order valence-corrected chi connectivity index (χ4v) is 1.85. The van der Waals surface area contributed by atoms with Gasteiger partial charge in [0.2, 0.25) is 0 Å². The van der Waals surface area contributed by atoms with Gasteiger partial charge in [-0.3, -0.25) is 4.79 Å². The minimum absolute atomic E-state index is 0.127. The molecule has 0 atom stereocenters. The van der Waals surface area contributed by atoms with Gasteiger partial charge in [-0.05, 0) is 13.0 Å². The van der Waals surface area contributed by atoms with E-state index in [2.05, 4.69) is 10.1 Å². The molecule has 2 aromatic rings. The summed E-state index contributed by atoms with van der Waals surface area (Å²) in [6.45, 7) is 1.46. The summed E-state index contributed by atoms with van der Waals surface area (Å²) >= 11 is 0. The number of fused-ring (bicyclic) bond motifs is 1. The minimum atomic E-state index is -0.518. The van der Waals surface area contributed by atoms with Crippen LogP contribution in [0.1, 0.15) is 33.3 Å². The Morgan fingerprint density at radius 1 is 1.29 bits per heavy atom. The van der Waals surface area contributed by atoms with Crippen molar-refractivity contribution < 1.29 is 14.3 Å². The van der Waals surface area contributed by atoms with Crippen LogP contribution in [0, 0.1) is 0 Å². The average Bonchev–Trinajstić information content (AvgIpc) is 2.87. The van der Waals surface area contributed by atoms with Crippen LogP contribution in [0.5, 0.6) is 0 Å². The van der Waals surface area contributed by atoms with Crippen LogP contribution in [0.2, 0.25) is 0 Å². The highest BCUT2D eigenvalue weighted by molar-refractivity contribution is 5.99. The first-order chi connectivity index (χ1) is 9.95. The largest absolute Gasteiger partial charge is 0.465 e. The molecule has 0 bridgehead atoms. The number of Topliss-reactive ketones (excluding diaryl/α,β-unsaturated/α-hetero) is 1. The van der Waals surface area contributed by atoms with Gasteiger partial charge in [0, 0.05) is 26.5 Å². The van der Waals surface area contributed by atoms with Crippen molar-refractivity contribution in [3.63, 3.8) is 0 Å². The Balaban J connectivity index is 2.71. The maximum Gasteiger partial charge on any atom is 0.343 e. The number of methoxy groups -OCH3 is 1. The fourth-order valence-electron chi connectivity index (χ4n) is 1.85. The van der Waals surface area contributed by atoms with Crippen molar-refractivity contribution in [1.29, 1.82) is 0 Å². The van der Waals surface area contributed by atoms with Crippen LogP contribution in [-0.2, 0) is 4.74 Å². The third kappa shape index (κ3) is 2.76. The molecule has 0 aromatic carbocycles. The summed E-state index contributed by atoms with van der Waals surface area (Å²) in [5.74, 6) is -0.645. The monoisotopic (exact) mass is 288 g/mol. The number of hydrogen-bond donors (Lipinski definition) is 0. The van der Waals surface area contributed by atoms with Gasteiger partial charge in [-0.15, -0.1) is 0 Å². The van der Waals surface area contributed by atoms with Crippen molar-refractivity contribution in [2.24, 2.45) is 0 Å². The van der Waals surface area contributed by atoms with E-state index >= 15 is 0 Å². The predicted octanol–water partition coefficient (Wildman–Crippen LogP) is 1.25. The lowest BCUT2D eigenvalue weighted by Gasteiger charge is -2.08. The lowest BCUT2D eigenvalue weighted by Crippen LogP contribution is -2.08. The van der Waals surface area contributed by atoms with Gasteiger partial charge in [0.1, 0.15) is 5.56 Å². The van der Waals surface area contributed by atoms with Gasteiger partial charge >= 0.3 is 5.97 Å². The van der Waals surface area contributed by atoms with Gasteiger partial charge in [-0.25, -0.2) is 14.3 Å². The van der Waals surface area contributed by atoms with E-state index in [1.165, 1.54) is 30.9 Å². The lowest BCUT2D eigenvalue weighted by molar-refractivity contribution is 0.0602. The van der Waals surface area contributed by atoms with Gasteiger partial charge in [0.05, 0.1) is 24.6 Å². The Morgan fingerprint density at radius 3 is 2.57 bits per heavy atom. The normalized spacial score (nSPS) is 11.0. The standard InChI is InChI=1S/C14H16N4O3/c1-9(19)10-7-15-13-11(14(20)21-4)8-16-18(13)12(10)5-6-17(2)3/h5-8H,1-4H3/b6-5+. The molecule has 0 saturated carbocycles. The van der Waals surface area contributed by atoms with E-state index in [-0.39, 0.29) is 11.3 Å². The number of aromatic nitrogens is 3. The summed E-state index contributed by atoms with van der Waals surface area (Å²) in [6.07, 6.45) is 6.37. The zero-order valence-corrected chi connectivity index (χ0v) is 12.3. The Hall–Kier alpha value is -2.70. The number of carbonyl (C=O) groups is 2. The molecule has 0 amide bonds. The maximum atomic E-state index is 11.7. The predicted molar refractivity (Wildman–Crippen MR) is 77.1 cm³/mol. The molecular formula is C14H16N4O3. The molecular weight excluding hydrogens is 272 g/mol. The van der Waals surface area contributed by atoms with Crippen LogP contribution in [0.25, 0.3) is 11.7 Å². The molecule has 2 aromatic heterocycles. The molecule has 21 heavy (non-hydrogen) atoms. The maximum absolute atomic E-state index is 11.7. The van der Waals surface area contributed by atoms with Gasteiger partial charge in [0.15, 0.2) is 11.4 Å². The first-order valence-electron chi connectivity index (χ1n) is 6.26. The van der Waals surface area contributed by atoms with Crippen molar-refractivity contribution in [3.8, 4) is 0 Å². The fraction of sp³-hybridized carbons (Fsp3) is 0.286. The molecule has 0 fully saturated rings. The van der Waals surface area contributed by atoms with E-state index in [1.807, 2.05) is 19.0 Å². The molecule has 0 N–H and O–H groups in total. The highest BCUT2D eigenvalue weighted by atomic mass is 16.5. The zero-order chi connectivity index (χ0) is 15.6. The molecule has 0 aliphatic heterocycles. The molecule has 0 unspecified atom stereocenters. The van der Waals surface area contributed by atoms with E-state index in [1.54, 1.807) is 12.3 Å². The number of rotatable bonds is 4. The third-order valence-corrected chi connectivity index (χ3v) is 2.88.